The highest BCUT2D eigenvalue weighted by Crippen LogP contribution is 2.10. The Balaban J connectivity index is 2.27. The minimum atomic E-state index is 0.285. The molecule has 0 aromatic carbocycles. The van der Waals surface area contributed by atoms with Gasteiger partial charge in [-0.3, -0.25) is 4.57 Å². The van der Waals surface area contributed by atoms with Crippen molar-refractivity contribution in [1.29, 1.82) is 0 Å². The van der Waals surface area contributed by atoms with Crippen LogP contribution < -0.4 is 10.1 Å². The van der Waals surface area contributed by atoms with Gasteiger partial charge >= 0.3 is 6.01 Å². The molecule has 2 aromatic rings. The molecule has 2 heterocycles. The van der Waals surface area contributed by atoms with Gasteiger partial charge in [-0.05, 0) is 13.8 Å². The smallest absolute Gasteiger partial charge is 0.323 e. The maximum Gasteiger partial charge on any atom is 0.323 e. The normalized spacial score (nSPS) is 10.8. The standard InChI is InChI=1S/C12H16N6O/c1-3-5-8-19-12-16-10(14-4-2)15-11(17-12)18-7-6-13-9-18/h3,5-7,9H,4,8H2,1-2H3,(H,14,15,16,17)/b5-3+. The molecular formula is C12H16N6O. The number of rotatable bonds is 6. The van der Waals surface area contributed by atoms with E-state index in [9.17, 15) is 0 Å². The molecular weight excluding hydrogens is 244 g/mol. The second kappa shape index (κ2) is 6.48. The van der Waals surface area contributed by atoms with Gasteiger partial charge in [0.25, 0.3) is 0 Å². The molecule has 0 saturated heterocycles. The van der Waals surface area contributed by atoms with Crippen LogP contribution in [0.1, 0.15) is 13.8 Å². The Morgan fingerprint density at radius 3 is 2.95 bits per heavy atom. The molecule has 0 bridgehead atoms. The van der Waals surface area contributed by atoms with E-state index in [0.717, 1.165) is 6.54 Å². The van der Waals surface area contributed by atoms with Gasteiger partial charge in [0.15, 0.2) is 0 Å². The van der Waals surface area contributed by atoms with Gasteiger partial charge in [-0.2, -0.15) is 15.0 Å². The van der Waals surface area contributed by atoms with Gasteiger partial charge in [0.2, 0.25) is 11.9 Å². The fourth-order valence-corrected chi connectivity index (χ4v) is 1.36. The number of hydrogen-bond donors (Lipinski definition) is 1. The Hall–Kier alpha value is -2.44. The van der Waals surface area contributed by atoms with E-state index in [1.54, 1.807) is 23.3 Å². The van der Waals surface area contributed by atoms with Crippen molar-refractivity contribution in [3.63, 3.8) is 0 Å². The summed E-state index contributed by atoms with van der Waals surface area (Å²) in [6.07, 6.45) is 8.84. The number of nitrogens with zero attached hydrogens (tertiary/aromatic N) is 5. The zero-order valence-electron chi connectivity index (χ0n) is 10.9. The topological polar surface area (TPSA) is 77.8 Å². The summed E-state index contributed by atoms with van der Waals surface area (Å²) in [5.74, 6) is 0.954. The molecule has 0 spiro atoms. The summed E-state index contributed by atoms with van der Waals surface area (Å²) in [6, 6.07) is 0.285. The third-order valence-corrected chi connectivity index (χ3v) is 2.22. The molecule has 0 fully saturated rings. The van der Waals surface area contributed by atoms with E-state index in [-0.39, 0.29) is 6.01 Å². The molecule has 0 unspecified atom stereocenters. The van der Waals surface area contributed by atoms with Gasteiger partial charge in [0.05, 0.1) is 0 Å². The van der Waals surface area contributed by atoms with Crippen LogP contribution in [0.25, 0.3) is 5.95 Å². The number of allylic oxidation sites excluding steroid dienone is 1. The zero-order chi connectivity index (χ0) is 13.5. The summed E-state index contributed by atoms with van der Waals surface area (Å²) in [4.78, 5) is 16.7. The van der Waals surface area contributed by atoms with Crippen molar-refractivity contribution < 1.29 is 4.74 Å². The first kappa shape index (κ1) is 13.0. The van der Waals surface area contributed by atoms with E-state index < -0.39 is 0 Å². The first-order chi connectivity index (χ1) is 9.33. The number of hydrogen-bond acceptors (Lipinski definition) is 6. The van der Waals surface area contributed by atoms with E-state index in [4.69, 9.17) is 4.74 Å². The Morgan fingerprint density at radius 1 is 1.37 bits per heavy atom. The summed E-state index contributed by atoms with van der Waals surface area (Å²) >= 11 is 0. The van der Waals surface area contributed by atoms with Crippen LogP contribution >= 0.6 is 0 Å². The molecule has 19 heavy (non-hydrogen) atoms. The molecule has 2 rings (SSSR count). The number of ether oxygens (including phenoxy) is 1. The second-order valence-electron chi connectivity index (χ2n) is 3.62. The fraction of sp³-hybridized carbons (Fsp3) is 0.333. The largest absolute Gasteiger partial charge is 0.459 e. The summed E-state index contributed by atoms with van der Waals surface area (Å²) in [5, 5.41) is 3.05. The average Bonchev–Trinajstić information content (AvgIpc) is 2.93. The van der Waals surface area contributed by atoms with Crippen LogP contribution in [-0.2, 0) is 0 Å². The SMILES string of the molecule is C/C=C/COc1nc(NCC)nc(-n2ccnc2)n1. The van der Waals surface area contributed by atoms with Crippen molar-refractivity contribution >= 4 is 5.95 Å². The van der Waals surface area contributed by atoms with E-state index in [0.29, 0.717) is 18.5 Å². The molecule has 0 aliphatic rings. The van der Waals surface area contributed by atoms with Gasteiger partial charge in [-0.25, -0.2) is 4.98 Å². The van der Waals surface area contributed by atoms with E-state index in [1.807, 2.05) is 26.0 Å². The Labute approximate surface area is 111 Å². The molecule has 100 valence electrons. The highest BCUT2D eigenvalue weighted by Gasteiger charge is 2.08. The molecule has 0 saturated carbocycles. The van der Waals surface area contributed by atoms with Gasteiger partial charge in [-0.15, -0.1) is 0 Å². The highest BCUT2D eigenvalue weighted by atomic mass is 16.5. The molecule has 0 aliphatic carbocycles. The number of anilines is 1. The Bertz CT molecular complexity index is 537. The first-order valence-corrected chi connectivity index (χ1v) is 6.05. The number of aromatic nitrogens is 5. The van der Waals surface area contributed by atoms with E-state index in [1.165, 1.54) is 0 Å². The lowest BCUT2D eigenvalue weighted by Crippen LogP contribution is -2.10. The maximum absolute atomic E-state index is 5.45. The van der Waals surface area contributed by atoms with Crippen molar-refractivity contribution in [2.45, 2.75) is 13.8 Å². The molecule has 0 amide bonds. The molecule has 1 N–H and O–H groups in total. The zero-order valence-corrected chi connectivity index (χ0v) is 10.9. The molecule has 7 nitrogen and oxygen atoms in total. The van der Waals surface area contributed by atoms with Crippen LogP contribution in [-0.4, -0.2) is 37.7 Å². The van der Waals surface area contributed by atoms with Crippen LogP contribution in [0.2, 0.25) is 0 Å². The van der Waals surface area contributed by atoms with Gasteiger partial charge < -0.3 is 10.1 Å². The lowest BCUT2D eigenvalue weighted by Gasteiger charge is -2.07. The van der Waals surface area contributed by atoms with Gasteiger partial charge in [0, 0.05) is 18.9 Å². The maximum atomic E-state index is 5.45. The monoisotopic (exact) mass is 260 g/mol. The van der Waals surface area contributed by atoms with Crippen LogP contribution in [0.15, 0.2) is 30.9 Å². The minimum absolute atomic E-state index is 0.285. The second-order valence-corrected chi connectivity index (χ2v) is 3.62. The summed E-state index contributed by atoms with van der Waals surface area (Å²) in [5.41, 5.74) is 0. The van der Waals surface area contributed by atoms with Crippen molar-refractivity contribution in [3.8, 4) is 12.0 Å². The van der Waals surface area contributed by atoms with Gasteiger partial charge in [0.1, 0.15) is 12.9 Å². The molecule has 0 atom stereocenters. The van der Waals surface area contributed by atoms with Crippen LogP contribution in [0, 0.1) is 0 Å². The van der Waals surface area contributed by atoms with E-state index in [2.05, 4.69) is 25.3 Å². The fourth-order valence-electron chi connectivity index (χ4n) is 1.36. The molecule has 0 radical (unpaired) electrons. The third kappa shape index (κ3) is 3.51. The Kier molecular flexibility index (Phi) is 4.44. The van der Waals surface area contributed by atoms with Crippen molar-refractivity contribution in [1.82, 2.24) is 24.5 Å². The summed E-state index contributed by atoms with van der Waals surface area (Å²) < 4.78 is 7.15. The number of nitrogens with one attached hydrogen (secondary N) is 1. The Morgan fingerprint density at radius 2 is 2.26 bits per heavy atom. The van der Waals surface area contributed by atoms with Gasteiger partial charge in [-0.1, -0.05) is 12.2 Å². The van der Waals surface area contributed by atoms with Crippen molar-refractivity contribution in [3.05, 3.63) is 30.9 Å². The lowest BCUT2D eigenvalue weighted by molar-refractivity contribution is 0.331. The predicted molar refractivity (Wildman–Crippen MR) is 71.4 cm³/mol. The minimum Gasteiger partial charge on any atom is -0.459 e. The highest BCUT2D eigenvalue weighted by molar-refractivity contribution is 5.30. The van der Waals surface area contributed by atoms with Crippen LogP contribution in [0.5, 0.6) is 6.01 Å². The van der Waals surface area contributed by atoms with Crippen LogP contribution in [0.3, 0.4) is 0 Å². The predicted octanol–water partition coefficient (Wildman–Crippen LogP) is 1.44. The first-order valence-electron chi connectivity index (χ1n) is 6.05. The third-order valence-electron chi connectivity index (χ3n) is 2.22. The summed E-state index contributed by atoms with van der Waals surface area (Å²) in [6.45, 7) is 5.05. The van der Waals surface area contributed by atoms with Crippen molar-refractivity contribution in [2.24, 2.45) is 0 Å². The molecule has 2 aromatic heterocycles. The quantitative estimate of drug-likeness (QED) is 0.792. The number of imidazole rings is 1. The molecule has 7 heteroatoms. The molecule has 0 aliphatic heterocycles. The van der Waals surface area contributed by atoms with Crippen molar-refractivity contribution in [2.75, 3.05) is 18.5 Å². The van der Waals surface area contributed by atoms with E-state index >= 15 is 0 Å². The van der Waals surface area contributed by atoms with Crippen LogP contribution in [0.4, 0.5) is 5.95 Å². The lowest BCUT2D eigenvalue weighted by atomic mass is 10.6. The summed E-state index contributed by atoms with van der Waals surface area (Å²) in [7, 11) is 0. The average molecular weight is 260 g/mol.